The Bertz CT molecular complexity index is 621. The second-order valence-electron chi connectivity index (χ2n) is 4.78. The average molecular weight is 284 g/mol. The van der Waals surface area contributed by atoms with Crippen LogP contribution in [0.15, 0.2) is 42.5 Å². The van der Waals surface area contributed by atoms with Gasteiger partial charge in [-0.05, 0) is 29.7 Å². The van der Waals surface area contributed by atoms with Crippen LogP contribution >= 0.6 is 0 Å². The molecule has 0 unspecified atom stereocenters. The maximum absolute atomic E-state index is 12.2. The van der Waals surface area contributed by atoms with Gasteiger partial charge >= 0.3 is 0 Å². The predicted molar refractivity (Wildman–Crippen MR) is 84.4 cm³/mol. The molecule has 0 spiro atoms. The first-order chi connectivity index (χ1) is 10.2. The number of hydrogen-bond donors (Lipinski definition) is 2. The molecule has 0 atom stereocenters. The van der Waals surface area contributed by atoms with Gasteiger partial charge in [-0.2, -0.15) is 0 Å². The number of aryl methyl sites for hydroxylation is 1. The van der Waals surface area contributed by atoms with Crippen molar-refractivity contribution in [2.45, 2.75) is 19.9 Å². The molecule has 4 heteroatoms. The van der Waals surface area contributed by atoms with Gasteiger partial charge in [0, 0.05) is 6.54 Å². The summed E-state index contributed by atoms with van der Waals surface area (Å²) in [6, 6.07) is 13.3. The van der Waals surface area contributed by atoms with E-state index in [0.717, 1.165) is 12.0 Å². The Kier molecular flexibility index (Phi) is 4.82. The predicted octanol–water partition coefficient (Wildman–Crippen LogP) is 2.77. The van der Waals surface area contributed by atoms with Gasteiger partial charge in [0.1, 0.15) is 0 Å². The van der Waals surface area contributed by atoms with Gasteiger partial charge in [0.25, 0.3) is 5.91 Å². The number of nitrogens with two attached hydrogens (primary N) is 1. The molecule has 0 aromatic heterocycles. The minimum atomic E-state index is -0.196. The number of nitrogens with one attached hydrogen (secondary N) is 1. The van der Waals surface area contributed by atoms with Crippen LogP contribution in [0.4, 0.5) is 5.69 Å². The van der Waals surface area contributed by atoms with Crippen LogP contribution in [0, 0.1) is 0 Å². The Morgan fingerprint density at radius 2 is 1.81 bits per heavy atom. The lowest BCUT2D eigenvalue weighted by Crippen LogP contribution is -2.23. The molecule has 0 radical (unpaired) electrons. The number of carbonyl (C=O) groups is 1. The highest BCUT2D eigenvalue weighted by molar-refractivity contribution is 5.98. The number of methoxy groups -OCH3 is 1. The molecule has 0 saturated heterocycles. The summed E-state index contributed by atoms with van der Waals surface area (Å²) in [6.07, 6.45) is 1.01. The summed E-state index contributed by atoms with van der Waals surface area (Å²) >= 11 is 0. The summed E-state index contributed by atoms with van der Waals surface area (Å²) in [7, 11) is 1.51. The van der Waals surface area contributed by atoms with Gasteiger partial charge in [0.2, 0.25) is 0 Å². The Morgan fingerprint density at radius 3 is 2.43 bits per heavy atom. The third-order valence-corrected chi connectivity index (χ3v) is 3.38. The van der Waals surface area contributed by atoms with Gasteiger partial charge in [0.05, 0.1) is 18.4 Å². The molecule has 4 nitrogen and oxygen atoms in total. The highest BCUT2D eigenvalue weighted by Gasteiger charge is 2.13. The third kappa shape index (κ3) is 3.54. The SMILES string of the molecule is CCc1ccc(CNC(=O)c2cccc(N)c2OC)cc1. The van der Waals surface area contributed by atoms with E-state index in [1.807, 2.05) is 12.1 Å². The van der Waals surface area contributed by atoms with E-state index in [4.69, 9.17) is 10.5 Å². The van der Waals surface area contributed by atoms with Crippen LogP contribution in [0.5, 0.6) is 5.75 Å². The monoisotopic (exact) mass is 284 g/mol. The highest BCUT2D eigenvalue weighted by Crippen LogP contribution is 2.25. The number of para-hydroxylation sites is 1. The summed E-state index contributed by atoms with van der Waals surface area (Å²) in [6.45, 7) is 2.59. The van der Waals surface area contributed by atoms with E-state index in [-0.39, 0.29) is 5.91 Å². The minimum Gasteiger partial charge on any atom is -0.494 e. The zero-order valence-electron chi connectivity index (χ0n) is 12.3. The van der Waals surface area contributed by atoms with Crippen LogP contribution in [0.25, 0.3) is 0 Å². The van der Waals surface area contributed by atoms with Crippen molar-refractivity contribution in [2.24, 2.45) is 0 Å². The van der Waals surface area contributed by atoms with Gasteiger partial charge < -0.3 is 15.8 Å². The van der Waals surface area contributed by atoms with E-state index >= 15 is 0 Å². The lowest BCUT2D eigenvalue weighted by atomic mass is 10.1. The zero-order valence-corrected chi connectivity index (χ0v) is 12.3. The average Bonchev–Trinajstić information content (AvgIpc) is 2.52. The largest absolute Gasteiger partial charge is 0.494 e. The van der Waals surface area contributed by atoms with Crippen LogP contribution in [0.3, 0.4) is 0 Å². The molecule has 0 saturated carbocycles. The van der Waals surface area contributed by atoms with E-state index in [9.17, 15) is 4.79 Å². The Balaban J connectivity index is 2.06. The molecule has 2 aromatic carbocycles. The number of benzene rings is 2. The first-order valence-corrected chi connectivity index (χ1v) is 6.94. The second kappa shape index (κ2) is 6.79. The van der Waals surface area contributed by atoms with Crippen LogP contribution < -0.4 is 15.8 Å². The van der Waals surface area contributed by atoms with Crippen LogP contribution in [0.1, 0.15) is 28.4 Å². The number of ether oxygens (including phenoxy) is 1. The van der Waals surface area contributed by atoms with Crippen LogP contribution in [-0.4, -0.2) is 13.0 Å². The summed E-state index contributed by atoms with van der Waals surface area (Å²) in [5.74, 6) is 0.218. The van der Waals surface area contributed by atoms with Gasteiger partial charge in [-0.15, -0.1) is 0 Å². The van der Waals surface area contributed by atoms with Crippen molar-refractivity contribution in [1.82, 2.24) is 5.32 Å². The van der Waals surface area contributed by atoms with Crippen molar-refractivity contribution in [3.8, 4) is 5.75 Å². The Morgan fingerprint density at radius 1 is 1.14 bits per heavy atom. The van der Waals surface area contributed by atoms with Crippen molar-refractivity contribution in [3.05, 3.63) is 59.2 Å². The van der Waals surface area contributed by atoms with E-state index in [0.29, 0.717) is 23.5 Å². The minimum absolute atomic E-state index is 0.196. The lowest BCUT2D eigenvalue weighted by molar-refractivity contribution is 0.0948. The number of amides is 1. The molecule has 21 heavy (non-hydrogen) atoms. The molecule has 3 N–H and O–H groups in total. The van der Waals surface area contributed by atoms with Gasteiger partial charge in [0.15, 0.2) is 5.75 Å². The fourth-order valence-electron chi connectivity index (χ4n) is 2.13. The Hall–Kier alpha value is -2.49. The van der Waals surface area contributed by atoms with Crippen LogP contribution in [-0.2, 0) is 13.0 Å². The van der Waals surface area contributed by atoms with Crippen molar-refractivity contribution >= 4 is 11.6 Å². The van der Waals surface area contributed by atoms with Crippen molar-refractivity contribution < 1.29 is 9.53 Å². The molecule has 0 aliphatic heterocycles. The molecular formula is C17H20N2O2. The van der Waals surface area contributed by atoms with Gasteiger partial charge in [-0.25, -0.2) is 0 Å². The molecule has 110 valence electrons. The highest BCUT2D eigenvalue weighted by atomic mass is 16.5. The van der Waals surface area contributed by atoms with Crippen molar-refractivity contribution in [2.75, 3.05) is 12.8 Å². The molecule has 0 aliphatic rings. The molecule has 0 aliphatic carbocycles. The zero-order chi connectivity index (χ0) is 15.2. The molecule has 0 bridgehead atoms. The first kappa shape index (κ1) is 14.9. The van der Waals surface area contributed by atoms with Gasteiger partial charge in [-0.3, -0.25) is 4.79 Å². The van der Waals surface area contributed by atoms with E-state index in [1.165, 1.54) is 12.7 Å². The van der Waals surface area contributed by atoms with Gasteiger partial charge in [-0.1, -0.05) is 37.3 Å². The van der Waals surface area contributed by atoms with E-state index in [2.05, 4.69) is 24.4 Å². The summed E-state index contributed by atoms with van der Waals surface area (Å²) in [5, 5.41) is 2.88. The normalized spacial score (nSPS) is 10.2. The molecule has 0 heterocycles. The summed E-state index contributed by atoms with van der Waals surface area (Å²) in [4.78, 5) is 12.2. The smallest absolute Gasteiger partial charge is 0.255 e. The molecular weight excluding hydrogens is 264 g/mol. The van der Waals surface area contributed by atoms with Crippen molar-refractivity contribution in [1.29, 1.82) is 0 Å². The first-order valence-electron chi connectivity index (χ1n) is 6.94. The fraction of sp³-hybridized carbons (Fsp3) is 0.235. The van der Waals surface area contributed by atoms with Crippen molar-refractivity contribution in [3.63, 3.8) is 0 Å². The Labute approximate surface area is 124 Å². The number of rotatable bonds is 5. The summed E-state index contributed by atoms with van der Waals surface area (Å²) < 4.78 is 5.19. The standard InChI is InChI=1S/C17H20N2O2/c1-3-12-7-9-13(10-8-12)11-19-17(20)14-5-4-6-15(18)16(14)21-2/h4-10H,3,11,18H2,1-2H3,(H,19,20). The fourth-order valence-corrected chi connectivity index (χ4v) is 2.13. The maximum atomic E-state index is 12.2. The maximum Gasteiger partial charge on any atom is 0.255 e. The second-order valence-corrected chi connectivity index (χ2v) is 4.78. The number of anilines is 1. The topological polar surface area (TPSA) is 64.4 Å². The molecule has 2 aromatic rings. The molecule has 2 rings (SSSR count). The van der Waals surface area contributed by atoms with E-state index in [1.54, 1.807) is 18.2 Å². The van der Waals surface area contributed by atoms with Crippen LogP contribution in [0.2, 0.25) is 0 Å². The number of hydrogen-bond acceptors (Lipinski definition) is 3. The molecule has 1 amide bonds. The molecule has 0 fully saturated rings. The lowest BCUT2D eigenvalue weighted by Gasteiger charge is -2.11. The van der Waals surface area contributed by atoms with E-state index < -0.39 is 0 Å². The summed E-state index contributed by atoms with van der Waals surface area (Å²) in [5.41, 5.74) is 9.05. The number of carbonyl (C=O) groups excluding carboxylic acids is 1. The number of nitrogen functional groups attached to an aromatic ring is 1. The third-order valence-electron chi connectivity index (χ3n) is 3.38. The quantitative estimate of drug-likeness (QED) is 0.830.